The van der Waals surface area contributed by atoms with E-state index < -0.39 is 0 Å². The highest BCUT2D eigenvalue weighted by Crippen LogP contribution is 2.26. The molecule has 1 amide bonds. The van der Waals surface area contributed by atoms with Gasteiger partial charge in [0.1, 0.15) is 0 Å². The van der Waals surface area contributed by atoms with Crippen LogP contribution >= 0.6 is 0 Å². The number of nitrogens with zero attached hydrogens (tertiary/aromatic N) is 1. The zero-order valence-corrected chi connectivity index (χ0v) is 11.8. The predicted molar refractivity (Wildman–Crippen MR) is 74.5 cm³/mol. The first-order valence-electron chi connectivity index (χ1n) is 7.80. The number of hydrogen-bond donors (Lipinski definition) is 1. The van der Waals surface area contributed by atoms with Gasteiger partial charge in [-0.2, -0.15) is 0 Å². The molecule has 0 aromatic rings. The monoisotopic (exact) mass is 252 g/mol. The third-order valence-corrected chi connectivity index (χ3v) is 4.53. The first kappa shape index (κ1) is 13.9. The third kappa shape index (κ3) is 3.98. The highest BCUT2D eigenvalue weighted by atomic mass is 16.2. The van der Waals surface area contributed by atoms with Crippen LogP contribution in [0.4, 0.5) is 0 Å². The first-order valence-corrected chi connectivity index (χ1v) is 7.80. The molecular formula is C15H28N2O. The quantitative estimate of drug-likeness (QED) is 0.815. The van der Waals surface area contributed by atoms with E-state index in [0.717, 1.165) is 26.1 Å². The molecule has 2 aliphatic rings. The van der Waals surface area contributed by atoms with Gasteiger partial charge in [0.25, 0.3) is 0 Å². The van der Waals surface area contributed by atoms with Crippen molar-refractivity contribution in [1.82, 2.24) is 10.2 Å². The van der Waals surface area contributed by atoms with Gasteiger partial charge in [-0.15, -0.1) is 0 Å². The van der Waals surface area contributed by atoms with Gasteiger partial charge in [-0.05, 0) is 45.1 Å². The van der Waals surface area contributed by atoms with Gasteiger partial charge < -0.3 is 10.2 Å². The van der Waals surface area contributed by atoms with Crippen LogP contribution in [0.3, 0.4) is 0 Å². The van der Waals surface area contributed by atoms with Gasteiger partial charge in [0.2, 0.25) is 5.91 Å². The average molecular weight is 252 g/mol. The largest absolute Gasteiger partial charge is 0.341 e. The van der Waals surface area contributed by atoms with Crippen LogP contribution in [0, 0.1) is 5.92 Å². The number of amides is 1. The van der Waals surface area contributed by atoms with E-state index in [0.29, 0.717) is 17.9 Å². The fourth-order valence-electron chi connectivity index (χ4n) is 3.35. The van der Waals surface area contributed by atoms with Crippen LogP contribution in [0.15, 0.2) is 0 Å². The molecule has 1 saturated carbocycles. The number of carbonyl (C=O) groups excluding carboxylic acids is 1. The maximum Gasteiger partial charge on any atom is 0.222 e. The Bertz CT molecular complexity index is 255. The molecule has 3 nitrogen and oxygen atoms in total. The summed E-state index contributed by atoms with van der Waals surface area (Å²) in [7, 11) is 0. The maximum absolute atomic E-state index is 12.3. The molecule has 0 aromatic carbocycles. The lowest BCUT2D eigenvalue weighted by Crippen LogP contribution is -2.41. The molecule has 18 heavy (non-hydrogen) atoms. The van der Waals surface area contributed by atoms with E-state index in [1.54, 1.807) is 0 Å². The minimum absolute atomic E-state index is 0.387. The van der Waals surface area contributed by atoms with E-state index in [1.165, 1.54) is 44.9 Å². The van der Waals surface area contributed by atoms with Crippen molar-refractivity contribution in [2.45, 2.75) is 64.3 Å². The van der Waals surface area contributed by atoms with E-state index in [-0.39, 0.29) is 0 Å². The Morgan fingerprint density at radius 3 is 2.56 bits per heavy atom. The Hall–Kier alpha value is -0.570. The summed E-state index contributed by atoms with van der Waals surface area (Å²) in [6, 6.07) is 0.542. The molecule has 104 valence electrons. The van der Waals surface area contributed by atoms with Crippen LogP contribution < -0.4 is 5.32 Å². The average Bonchev–Trinajstić information content (AvgIpc) is 2.90. The highest BCUT2D eigenvalue weighted by molar-refractivity contribution is 5.76. The number of rotatable bonds is 5. The van der Waals surface area contributed by atoms with Crippen LogP contribution in [-0.2, 0) is 4.79 Å². The number of nitrogens with one attached hydrogen (secondary N) is 1. The molecule has 0 bridgehead atoms. The molecule has 1 unspecified atom stereocenters. The Morgan fingerprint density at radius 2 is 1.94 bits per heavy atom. The molecule has 1 N–H and O–H groups in total. The van der Waals surface area contributed by atoms with Crippen LogP contribution in [0.2, 0.25) is 0 Å². The highest BCUT2D eigenvalue weighted by Gasteiger charge is 2.23. The molecule has 1 heterocycles. The van der Waals surface area contributed by atoms with E-state index in [9.17, 15) is 4.79 Å². The second kappa shape index (κ2) is 7.13. The summed E-state index contributed by atoms with van der Waals surface area (Å²) in [5.74, 6) is 1.05. The molecule has 1 saturated heterocycles. The van der Waals surface area contributed by atoms with Crippen molar-refractivity contribution in [3.05, 3.63) is 0 Å². The molecule has 1 aliphatic carbocycles. The standard InChI is InChI=1S/C15H28N2O/c1-2-17(12-14-9-6-10-16-14)15(18)11-13-7-4-3-5-8-13/h13-14,16H,2-12H2,1H3. The van der Waals surface area contributed by atoms with Gasteiger partial charge in [0, 0.05) is 25.6 Å². The molecule has 1 aliphatic heterocycles. The molecular weight excluding hydrogens is 224 g/mol. The molecule has 0 radical (unpaired) electrons. The smallest absolute Gasteiger partial charge is 0.222 e. The van der Waals surface area contributed by atoms with Crippen molar-refractivity contribution in [2.24, 2.45) is 5.92 Å². The van der Waals surface area contributed by atoms with Crippen molar-refractivity contribution in [2.75, 3.05) is 19.6 Å². The molecule has 2 rings (SSSR count). The fraction of sp³-hybridized carbons (Fsp3) is 0.933. The molecule has 3 heteroatoms. The lowest BCUT2D eigenvalue weighted by Gasteiger charge is -2.28. The predicted octanol–water partition coefficient (Wildman–Crippen LogP) is 2.56. The SMILES string of the molecule is CCN(CC1CCCN1)C(=O)CC1CCCCC1. The van der Waals surface area contributed by atoms with Crippen molar-refractivity contribution >= 4 is 5.91 Å². The second-order valence-electron chi connectivity index (χ2n) is 5.93. The fourth-order valence-corrected chi connectivity index (χ4v) is 3.35. The minimum Gasteiger partial charge on any atom is -0.341 e. The summed E-state index contributed by atoms with van der Waals surface area (Å²) < 4.78 is 0. The Morgan fingerprint density at radius 1 is 1.17 bits per heavy atom. The van der Waals surface area contributed by atoms with E-state index in [4.69, 9.17) is 0 Å². The van der Waals surface area contributed by atoms with Crippen molar-refractivity contribution in [1.29, 1.82) is 0 Å². The Kier molecular flexibility index (Phi) is 5.48. The molecule has 1 atom stereocenters. The maximum atomic E-state index is 12.3. The Balaban J connectivity index is 1.76. The van der Waals surface area contributed by atoms with Gasteiger partial charge in [0.05, 0.1) is 0 Å². The molecule has 2 fully saturated rings. The molecule has 0 aromatic heterocycles. The summed E-state index contributed by atoms with van der Waals surface area (Å²) in [6.07, 6.45) is 9.85. The second-order valence-corrected chi connectivity index (χ2v) is 5.93. The zero-order valence-electron chi connectivity index (χ0n) is 11.8. The normalized spacial score (nSPS) is 25.3. The molecule has 0 spiro atoms. The first-order chi connectivity index (χ1) is 8.79. The van der Waals surface area contributed by atoms with Gasteiger partial charge in [-0.1, -0.05) is 19.3 Å². The lowest BCUT2D eigenvalue weighted by molar-refractivity contribution is -0.132. The van der Waals surface area contributed by atoms with Gasteiger partial charge in [-0.25, -0.2) is 0 Å². The van der Waals surface area contributed by atoms with Crippen LogP contribution in [0.25, 0.3) is 0 Å². The lowest BCUT2D eigenvalue weighted by atomic mass is 9.86. The topological polar surface area (TPSA) is 32.3 Å². The number of likely N-dealkylation sites (N-methyl/N-ethyl adjacent to an activating group) is 1. The Labute approximate surface area is 111 Å². The van der Waals surface area contributed by atoms with Gasteiger partial charge in [-0.3, -0.25) is 4.79 Å². The van der Waals surface area contributed by atoms with Gasteiger partial charge in [0.15, 0.2) is 0 Å². The zero-order chi connectivity index (χ0) is 12.8. The summed E-state index contributed by atoms with van der Waals surface area (Å²) in [4.78, 5) is 14.4. The van der Waals surface area contributed by atoms with Crippen LogP contribution in [0.5, 0.6) is 0 Å². The summed E-state index contributed by atoms with van der Waals surface area (Å²) >= 11 is 0. The van der Waals surface area contributed by atoms with E-state index in [1.807, 2.05) is 0 Å². The van der Waals surface area contributed by atoms with Crippen molar-refractivity contribution < 1.29 is 4.79 Å². The van der Waals surface area contributed by atoms with Crippen molar-refractivity contribution in [3.8, 4) is 0 Å². The summed E-state index contributed by atoms with van der Waals surface area (Å²) in [6.45, 7) is 5.01. The number of carbonyl (C=O) groups is 1. The third-order valence-electron chi connectivity index (χ3n) is 4.53. The van der Waals surface area contributed by atoms with Crippen LogP contribution in [0.1, 0.15) is 58.3 Å². The number of hydrogen-bond acceptors (Lipinski definition) is 2. The van der Waals surface area contributed by atoms with E-state index in [2.05, 4.69) is 17.1 Å². The van der Waals surface area contributed by atoms with Crippen molar-refractivity contribution in [3.63, 3.8) is 0 Å². The van der Waals surface area contributed by atoms with Gasteiger partial charge >= 0.3 is 0 Å². The van der Waals surface area contributed by atoms with Crippen LogP contribution in [-0.4, -0.2) is 36.5 Å². The van der Waals surface area contributed by atoms with E-state index >= 15 is 0 Å². The minimum atomic E-state index is 0.387. The summed E-state index contributed by atoms with van der Waals surface area (Å²) in [5.41, 5.74) is 0. The summed E-state index contributed by atoms with van der Waals surface area (Å²) in [5, 5.41) is 3.49.